The van der Waals surface area contributed by atoms with Crippen LogP contribution in [-0.2, 0) is 24.3 Å². The zero-order valence-corrected chi connectivity index (χ0v) is 10.1. The van der Waals surface area contributed by atoms with Gasteiger partial charge < -0.3 is 9.47 Å². The standard InChI is InChI=1S/C9H7NO5S2/c11-6-10-17(12,13)8-1-4-16-9(8)7-5-14-2-3-15-7/h1,4-5H,2-3H2. The van der Waals surface area contributed by atoms with Crippen LogP contribution < -0.4 is 0 Å². The van der Waals surface area contributed by atoms with Gasteiger partial charge in [-0.2, -0.15) is 8.42 Å². The zero-order chi connectivity index (χ0) is 12.3. The van der Waals surface area contributed by atoms with Gasteiger partial charge in [0.15, 0.2) is 5.76 Å². The third-order valence-corrected chi connectivity index (χ3v) is 4.21. The highest BCUT2D eigenvalue weighted by atomic mass is 32.2. The van der Waals surface area contributed by atoms with Crippen molar-refractivity contribution in [2.75, 3.05) is 13.2 Å². The Kier molecular flexibility index (Phi) is 3.28. The number of nitrogens with zero attached hydrogens (tertiary/aromatic N) is 1. The Morgan fingerprint density at radius 3 is 2.88 bits per heavy atom. The van der Waals surface area contributed by atoms with Crippen molar-refractivity contribution in [3.05, 3.63) is 22.6 Å². The van der Waals surface area contributed by atoms with Gasteiger partial charge in [0.1, 0.15) is 24.4 Å². The number of hydrogen-bond acceptors (Lipinski definition) is 6. The number of isocyanates is 1. The fourth-order valence-electron chi connectivity index (χ4n) is 1.27. The van der Waals surface area contributed by atoms with Gasteiger partial charge in [-0.3, -0.25) is 0 Å². The molecule has 2 heterocycles. The Morgan fingerprint density at radius 2 is 2.24 bits per heavy atom. The van der Waals surface area contributed by atoms with Crippen molar-refractivity contribution in [3.63, 3.8) is 0 Å². The second-order valence-corrected chi connectivity index (χ2v) is 5.46. The molecule has 1 aromatic heterocycles. The molecule has 0 fully saturated rings. The number of carbonyl (C=O) groups excluding carboxylic acids is 1. The molecular formula is C9H7NO5S2. The first-order valence-electron chi connectivity index (χ1n) is 4.52. The second kappa shape index (κ2) is 4.70. The van der Waals surface area contributed by atoms with Crippen molar-refractivity contribution in [3.8, 4) is 0 Å². The van der Waals surface area contributed by atoms with E-state index in [1.165, 1.54) is 23.7 Å². The van der Waals surface area contributed by atoms with Crippen molar-refractivity contribution in [2.45, 2.75) is 4.90 Å². The molecule has 0 atom stereocenters. The second-order valence-electron chi connectivity index (χ2n) is 2.97. The Bertz CT molecular complexity index is 595. The first kappa shape index (κ1) is 11.8. The maximum Gasteiger partial charge on any atom is 0.294 e. The molecule has 0 amide bonds. The van der Waals surface area contributed by atoms with Crippen LogP contribution >= 0.6 is 11.3 Å². The summed E-state index contributed by atoms with van der Waals surface area (Å²) in [6.45, 7) is 0.767. The lowest BCUT2D eigenvalue weighted by atomic mass is 10.4. The number of hydrogen-bond donors (Lipinski definition) is 0. The summed E-state index contributed by atoms with van der Waals surface area (Å²) in [5, 5.41) is 1.57. The van der Waals surface area contributed by atoms with Gasteiger partial charge in [0, 0.05) is 0 Å². The van der Waals surface area contributed by atoms with E-state index in [0.29, 0.717) is 23.9 Å². The zero-order valence-electron chi connectivity index (χ0n) is 8.45. The van der Waals surface area contributed by atoms with Crippen LogP contribution in [0, 0.1) is 0 Å². The molecule has 0 aliphatic carbocycles. The maximum atomic E-state index is 11.6. The van der Waals surface area contributed by atoms with Gasteiger partial charge >= 0.3 is 0 Å². The number of rotatable bonds is 3. The quantitative estimate of drug-likeness (QED) is 0.608. The molecule has 8 heteroatoms. The minimum absolute atomic E-state index is 0.0809. The third kappa shape index (κ3) is 2.38. The number of thiophene rings is 1. The van der Waals surface area contributed by atoms with Crippen LogP contribution in [0.5, 0.6) is 0 Å². The highest BCUT2D eigenvalue weighted by Gasteiger charge is 2.23. The fraction of sp³-hybridized carbons (Fsp3) is 0.222. The normalized spacial score (nSPS) is 15.2. The van der Waals surface area contributed by atoms with Crippen molar-refractivity contribution in [1.29, 1.82) is 0 Å². The number of sulfonamides is 1. The van der Waals surface area contributed by atoms with Gasteiger partial charge in [-0.05, 0) is 11.4 Å². The van der Waals surface area contributed by atoms with Crippen LogP contribution in [0.4, 0.5) is 0 Å². The molecule has 0 spiro atoms. The van der Waals surface area contributed by atoms with Crippen LogP contribution in [0.3, 0.4) is 0 Å². The summed E-state index contributed by atoms with van der Waals surface area (Å²) < 4.78 is 36.4. The van der Waals surface area contributed by atoms with Gasteiger partial charge in [0.05, 0.1) is 4.88 Å². The van der Waals surface area contributed by atoms with E-state index in [0.717, 1.165) is 6.08 Å². The molecule has 0 radical (unpaired) electrons. The van der Waals surface area contributed by atoms with Crippen LogP contribution in [0.15, 0.2) is 27.0 Å². The average Bonchev–Trinajstić information content (AvgIpc) is 2.79. The molecule has 0 aromatic carbocycles. The highest BCUT2D eigenvalue weighted by Crippen LogP contribution is 2.31. The van der Waals surface area contributed by atoms with Crippen LogP contribution in [0.25, 0.3) is 5.76 Å². The molecule has 2 rings (SSSR count). The molecule has 0 unspecified atom stereocenters. The molecular weight excluding hydrogens is 266 g/mol. The van der Waals surface area contributed by atoms with Gasteiger partial charge in [-0.25, -0.2) is 4.79 Å². The predicted octanol–water partition coefficient (Wildman–Crippen LogP) is 1.12. The van der Waals surface area contributed by atoms with E-state index >= 15 is 0 Å². The van der Waals surface area contributed by atoms with E-state index in [1.807, 2.05) is 0 Å². The topological polar surface area (TPSA) is 82.0 Å². The molecule has 6 nitrogen and oxygen atoms in total. The first-order chi connectivity index (χ1) is 8.15. The molecule has 90 valence electrons. The molecule has 0 N–H and O–H groups in total. The largest absolute Gasteiger partial charge is 0.494 e. The van der Waals surface area contributed by atoms with E-state index in [2.05, 4.69) is 4.40 Å². The van der Waals surface area contributed by atoms with E-state index in [4.69, 9.17) is 9.47 Å². The summed E-state index contributed by atoms with van der Waals surface area (Å²) >= 11 is 1.17. The van der Waals surface area contributed by atoms with E-state index in [9.17, 15) is 13.2 Å². The van der Waals surface area contributed by atoms with Crippen molar-refractivity contribution < 1.29 is 22.7 Å². The predicted molar refractivity (Wildman–Crippen MR) is 59.5 cm³/mol. The summed E-state index contributed by atoms with van der Waals surface area (Å²) in [5.41, 5.74) is 0. The van der Waals surface area contributed by atoms with Gasteiger partial charge in [-0.1, -0.05) is 4.40 Å². The third-order valence-electron chi connectivity index (χ3n) is 1.94. The van der Waals surface area contributed by atoms with Crippen molar-refractivity contribution in [2.24, 2.45) is 4.40 Å². The Hall–Kier alpha value is -1.63. The Labute approximate surface area is 101 Å². The molecule has 1 aliphatic rings. The van der Waals surface area contributed by atoms with Crippen LogP contribution in [-0.4, -0.2) is 27.7 Å². The average molecular weight is 273 g/mol. The van der Waals surface area contributed by atoms with Crippen molar-refractivity contribution >= 4 is 33.2 Å². The maximum absolute atomic E-state index is 11.6. The fourth-order valence-corrected chi connectivity index (χ4v) is 3.33. The minimum atomic E-state index is -4.01. The lowest BCUT2D eigenvalue weighted by Crippen LogP contribution is -2.08. The van der Waals surface area contributed by atoms with E-state index < -0.39 is 10.0 Å². The molecule has 0 saturated heterocycles. The van der Waals surface area contributed by atoms with E-state index in [-0.39, 0.29) is 4.90 Å². The van der Waals surface area contributed by atoms with Gasteiger partial charge in [-0.15, -0.1) is 11.3 Å². The molecule has 0 bridgehead atoms. The lowest BCUT2D eigenvalue weighted by Gasteiger charge is -2.14. The smallest absolute Gasteiger partial charge is 0.294 e. The molecule has 0 saturated carbocycles. The summed E-state index contributed by atoms with van der Waals surface area (Å²) in [6, 6.07) is 1.36. The van der Waals surface area contributed by atoms with Gasteiger partial charge in [0.2, 0.25) is 0 Å². The molecule has 1 aliphatic heterocycles. The lowest BCUT2D eigenvalue weighted by molar-refractivity contribution is 0.125. The Morgan fingerprint density at radius 1 is 1.41 bits per heavy atom. The highest BCUT2D eigenvalue weighted by molar-refractivity contribution is 7.90. The summed E-state index contributed by atoms with van der Waals surface area (Å²) in [4.78, 5) is 10.3. The Balaban J connectivity index is 2.48. The van der Waals surface area contributed by atoms with Crippen LogP contribution in [0.1, 0.15) is 4.88 Å². The summed E-state index contributed by atoms with van der Waals surface area (Å²) in [6.07, 6.45) is 2.37. The van der Waals surface area contributed by atoms with Crippen molar-refractivity contribution in [1.82, 2.24) is 0 Å². The molecule has 17 heavy (non-hydrogen) atoms. The molecule has 1 aromatic rings. The SMILES string of the molecule is O=C=NS(=O)(=O)c1ccsc1C1=COCCO1. The van der Waals surface area contributed by atoms with Gasteiger partial charge in [0.25, 0.3) is 16.1 Å². The number of ether oxygens (including phenoxy) is 2. The monoisotopic (exact) mass is 273 g/mol. The minimum Gasteiger partial charge on any atom is -0.494 e. The van der Waals surface area contributed by atoms with Crippen LogP contribution in [0.2, 0.25) is 0 Å². The van der Waals surface area contributed by atoms with E-state index in [1.54, 1.807) is 5.38 Å². The summed E-state index contributed by atoms with van der Waals surface area (Å²) in [5.74, 6) is 0.325. The first-order valence-corrected chi connectivity index (χ1v) is 6.84. The summed E-state index contributed by atoms with van der Waals surface area (Å²) in [7, 11) is -4.01.